The van der Waals surface area contributed by atoms with Crippen LogP contribution in [0.2, 0.25) is 0 Å². The number of pyridine rings is 1. The molecule has 0 fully saturated rings. The number of hydrogen-bond acceptors (Lipinski definition) is 6. The molecule has 1 N–H and O–H groups in total. The Bertz CT molecular complexity index is 717. The molecule has 0 amide bonds. The molecule has 8 nitrogen and oxygen atoms in total. The first-order valence-corrected chi connectivity index (χ1v) is 5.90. The average molecular weight is 277 g/mol. The van der Waals surface area contributed by atoms with Crippen molar-refractivity contribution < 1.29 is 4.74 Å². The molecule has 0 atom stereocenters. The molecule has 2 rings (SSSR count). The summed E-state index contributed by atoms with van der Waals surface area (Å²) < 4.78 is 7.07. The molecule has 0 aliphatic carbocycles. The van der Waals surface area contributed by atoms with Crippen LogP contribution in [-0.2, 0) is 20.6 Å². The summed E-state index contributed by atoms with van der Waals surface area (Å²) in [5, 5.41) is 6.79. The van der Waals surface area contributed by atoms with Crippen molar-refractivity contribution in [2.24, 2.45) is 14.1 Å². The molecule has 8 heteroatoms. The zero-order valence-electron chi connectivity index (χ0n) is 11.5. The second kappa shape index (κ2) is 5.55. The van der Waals surface area contributed by atoms with Gasteiger partial charge in [-0.25, -0.2) is 14.5 Å². The van der Waals surface area contributed by atoms with Crippen LogP contribution in [0.25, 0.3) is 0 Å². The van der Waals surface area contributed by atoms with Gasteiger partial charge in [-0.05, 0) is 5.56 Å². The van der Waals surface area contributed by atoms with Gasteiger partial charge in [0.15, 0.2) is 0 Å². The summed E-state index contributed by atoms with van der Waals surface area (Å²) in [5.41, 5.74) is -0.0651. The van der Waals surface area contributed by atoms with Gasteiger partial charge in [0.1, 0.15) is 0 Å². The monoisotopic (exact) mass is 277 g/mol. The molecule has 0 radical (unpaired) electrons. The third-order valence-corrected chi connectivity index (χ3v) is 2.79. The van der Waals surface area contributed by atoms with E-state index in [1.54, 1.807) is 19.4 Å². The summed E-state index contributed by atoms with van der Waals surface area (Å²) in [6.07, 6.45) is 1.64. The Hall–Kier alpha value is -2.64. The highest BCUT2D eigenvalue weighted by molar-refractivity contribution is 5.31. The zero-order chi connectivity index (χ0) is 14.7. The van der Waals surface area contributed by atoms with E-state index in [9.17, 15) is 9.59 Å². The van der Waals surface area contributed by atoms with E-state index in [4.69, 9.17) is 4.74 Å². The molecule has 0 aliphatic heterocycles. The van der Waals surface area contributed by atoms with Gasteiger partial charge in [-0.1, -0.05) is 6.07 Å². The fraction of sp³-hybridized carbons (Fsp3) is 0.333. The van der Waals surface area contributed by atoms with E-state index in [2.05, 4.69) is 15.4 Å². The lowest BCUT2D eigenvalue weighted by molar-refractivity contribution is 0.397. The summed E-state index contributed by atoms with van der Waals surface area (Å²) in [6.45, 7) is 0.372. The number of nitrogens with zero attached hydrogens (tertiary/aromatic N) is 4. The van der Waals surface area contributed by atoms with Crippen molar-refractivity contribution >= 4 is 5.82 Å². The van der Waals surface area contributed by atoms with Gasteiger partial charge in [-0.15, -0.1) is 5.10 Å². The standard InChI is InChI=1S/C12H15N5O3/c1-16-11(18)10(15-17(2)12(16)19)14-7-8-4-5-9(20-3)13-6-8/h4-6H,7H2,1-3H3,(H,14,15). The number of methoxy groups -OCH3 is 1. The summed E-state index contributed by atoms with van der Waals surface area (Å²) in [6, 6.07) is 3.55. The average Bonchev–Trinajstić information content (AvgIpc) is 2.48. The SMILES string of the molecule is COc1ccc(CNc2nn(C)c(=O)n(C)c2=O)cn1. The lowest BCUT2D eigenvalue weighted by atomic mass is 10.3. The van der Waals surface area contributed by atoms with Crippen LogP contribution in [-0.4, -0.2) is 26.4 Å². The van der Waals surface area contributed by atoms with Crippen molar-refractivity contribution in [2.45, 2.75) is 6.54 Å². The lowest BCUT2D eigenvalue weighted by Crippen LogP contribution is -2.39. The highest BCUT2D eigenvalue weighted by Crippen LogP contribution is 2.07. The third kappa shape index (κ3) is 2.68. The molecule has 106 valence electrons. The molecule has 0 aliphatic rings. The molecule has 2 aromatic rings. The second-order valence-electron chi connectivity index (χ2n) is 4.18. The Balaban J connectivity index is 2.18. The second-order valence-corrected chi connectivity index (χ2v) is 4.18. The first-order valence-electron chi connectivity index (χ1n) is 5.90. The molecular formula is C12H15N5O3. The number of hydrogen-bond donors (Lipinski definition) is 1. The van der Waals surface area contributed by atoms with Gasteiger partial charge in [0.05, 0.1) is 7.11 Å². The molecule has 20 heavy (non-hydrogen) atoms. The highest BCUT2D eigenvalue weighted by atomic mass is 16.5. The molecule has 0 aromatic carbocycles. The van der Waals surface area contributed by atoms with E-state index < -0.39 is 11.2 Å². The smallest absolute Gasteiger partial charge is 0.346 e. The van der Waals surface area contributed by atoms with Crippen molar-refractivity contribution in [3.8, 4) is 5.88 Å². The van der Waals surface area contributed by atoms with Crippen molar-refractivity contribution in [3.05, 3.63) is 44.7 Å². The van der Waals surface area contributed by atoms with Crippen molar-refractivity contribution in [3.63, 3.8) is 0 Å². The van der Waals surface area contributed by atoms with Gasteiger partial charge in [-0.2, -0.15) is 0 Å². The molecule has 0 spiro atoms. The largest absolute Gasteiger partial charge is 0.481 e. The van der Waals surface area contributed by atoms with Gasteiger partial charge >= 0.3 is 5.69 Å². The van der Waals surface area contributed by atoms with Gasteiger partial charge in [0.2, 0.25) is 11.7 Å². The Labute approximate surface area is 114 Å². The highest BCUT2D eigenvalue weighted by Gasteiger charge is 2.08. The fourth-order valence-electron chi connectivity index (χ4n) is 1.63. The predicted molar refractivity (Wildman–Crippen MR) is 72.8 cm³/mol. The maximum atomic E-state index is 11.9. The normalized spacial score (nSPS) is 10.3. The van der Waals surface area contributed by atoms with Crippen molar-refractivity contribution in [2.75, 3.05) is 12.4 Å². The van der Waals surface area contributed by atoms with Gasteiger partial charge < -0.3 is 10.1 Å². The molecule has 2 heterocycles. The minimum Gasteiger partial charge on any atom is -0.481 e. The molecule has 0 saturated heterocycles. The van der Waals surface area contributed by atoms with Gasteiger partial charge in [0, 0.05) is 32.9 Å². The number of anilines is 1. The number of aryl methyl sites for hydroxylation is 1. The van der Waals surface area contributed by atoms with E-state index in [0.29, 0.717) is 12.4 Å². The summed E-state index contributed by atoms with van der Waals surface area (Å²) >= 11 is 0. The van der Waals surface area contributed by atoms with Crippen molar-refractivity contribution in [1.29, 1.82) is 0 Å². The molecular weight excluding hydrogens is 262 g/mol. The van der Waals surface area contributed by atoms with Crippen LogP contribution in [0.4, 0.5) is 5.82 Å². The van der Waals surface area contributed by atoms with E-state index >= 15 is 0 Å². The molecule has 2 aromatic heterocycles. The number of aromatic nitrogens is 4. The maximum Gasteiger partial charge on any atom is 0.346 e. The minimum atomic E-state index is -0.466. The van der Waals surface area contributed by atoms with E-state index in [1.807, 2.05) is 6.07 Å². The topological polar surface area (TPSA) is 91.0 Å². The van der Waals surface area contributed by atoms with Crippen LogP contribution in [0.15, 0.2) is 27.9 Å². The van der Waals surface area contributed by atoms with Crippen LogP contribution in [0.1, 0.15) is 5.56 Å². The quantitative estimate of drug-likeness (QED) is 0.809. The molecule has 0 bridgehead atoms. The van der Waals surface area contributed by atoms with E-state index in [-0.39, 0.29) is 5.82 Å². The third-order valence-electron chi connectivity index (χ3n) is 2.79. The zero-order valence-corrected chi connectivity index (χ0v) is 11.5. The first-order chi connectivity index (χ1) is 9.52. The molecule has 0 saturated carbocycles. The van der Waals surface area contributed by atoms with E-state index in [1.165, 1.54) is 14.1 Å². The summed E-state index contributed by atoms with van der Waals surface area (Å²) in [7, 11) is 4.44. The number of nitrogens with one attached hydrogen (secondary N) is 1. The first kappa shape index (κ1) is 13.8. The maximum absolute atomic E-state index is 11.9. The molecule has 0 unspecified atom stereocenters. The Kier molecular flexibility index (Phi) is 3.83. The minimum absolute atomic E-state index is 0.116. The van der Waals surface area contributed by atoms with Crippen LogP contribution in [0.3, 0.4) is 0 Å². The number of ether oxygens (including phenoxy) is 1. The van der Waals surface area contributed by atoms with Gasteiger partial charge in [0.25, 0.3) is 5.56 Å². The Morgan fingerprint density at radius 1 is 1.30 bits per heavy atom. The fourth-order valence-corrected chi connectivity index (χ4v) is 1.63. The number of rotatable bonds is 4. The Morgan fingerprint density at radius 2 is 2.05 bits per heavy atom. The van der Waals surface area contributed by atoms with Crippen LogP contribution >= 0.6 is 0 Å². The van der Waals surface area contributed by atoms with Crippen LogP contribution < -0.4 is 21.3 Å². The van der Waals surface area contributed by atoms with Crippen molar-refractivity contribution in [1.82, 2.24) is 19.3 Å². The van der Waals surface area contributed by atoms with Crippen LogP contribution in [0.5, 0.6) is 5.88 Å². The van der Waals surface area contributed by atoms with Gasteiger partial charge in [-0.3, -0.25) is 9.36 Å². The van der Waals surface area contributed by atoms with E-state index in [0.717, 1.165) is 14.8 Å². The Morgan fingerprint density at radius 3 is 2.65 bits per heavy atom. The van der Waals surface area contributed by atoms with Crippen LogP contribution in [0, 0.1) is 0 Å². The summed E-state index contributed by atoms with van der Waals surface area (Å²) in [5.74, 6) is 0.635. The summed E-state index contributed by atoms with van der Waals surface area (Å²) in [4.78, 5) is 27.4. The predicted octanol–water partition coefficient (Wildman–Crippen LogP) is -0.505. The lowest BCUT2D eigenvalue weighted by Gasteiger charge is -2.08.